The summed E-state index contributed by atoms with van der Waals surface area (Å²) in [7, 11) is 0. The first-order valence-electron chi connectivity index (χ1n) is 7.89. The Morgan fingerprint density at radius 3 is 2.10 bits per heavy atom. The van der Waals surface area contributed by atoms with Crippen molar-refractivity contribution in [2.24, 2.45) is 5.73 Å². The largest absolute Gasteiger partial charge is 0.326 e. The Labute approximate surface area is 127 Å². The number of halogens is 2. The Morgan fingerprint density at radius 2 is 1.67 bits per heavy atom. The molecule has 0 aliphatic heterocycles. The fourth-order valence-electron chi connectivity index (χ4n) is 3.42. The molecule has 0 saturated carbocycles. The highest BCUT2D eigenvalue weighted by Crippen LogP contribution is 2.29. The third-order valence-corrected chi connectivity index (χ3v) is 4.76. The van der Waals surface area contributed by atoms with Gasteiger partial charge in [-0.25, -0.2) is 8.78 Å². The van der Waals surface area contributed by atoms with Gasteiger partial charge in [-0.3, -0.25) is 4.90 Å². The van der Waals surface area contributed by atoms with Gasteiger partial charge in [0.15, 0.2) is 0 Å². The summed E-state index contributed by atoms with van der Waals surface area (Å²) in [5, 5.41) is 0. The van der Waals surface area contributed by atoms with Crippen molar-refractivity contribution < 1.29 is 8.78 Å². The summed E-state index contributed by atoms with van der Waals surface area (Å²) in [6, 6.07) is 3.54. The van der Waals surface area contributed by atoms with Crippen LogP contribution in [0.1, 0.15) is 46.1 Å². The molecule has 0 bridgehead atoms. The Kier molecular flexibility index (Phi) is 6.75. The summed E-state index contributed by atoms with van der Waals surface area (Å²) in [6.07, 6.45) is 2.24. The topological polar surface area (TPSA) is 29.3 Å². The molecule has 0 heterocycles. The van der Waals surface area contributed by atoms with E-state index < -0.39 is 11.6 Å². The van der Waals surface area contributed by atoms with Gasteiger partial charge in [0.1, 0.15) is 11.6 Å². The SMILES string of the molecule is CCN(CC)C(CC)(CC)C(N)Cc1ccc(F)cc1F. The van der Waals surface area contributed by atoms with Crippen LogP contribution in [0.25, 0.3) is 0 Å². The van der Waals surface area contributed by atoms with Crippen LogP contribution in [-0.4, -0.2) is 29.6 Å². The molecule has 1 atom stereocenters. The van der Waals surface area contributed by atoms with Gasteiger partial charge in [0.25, 0.3) is 0 Å². The van der Waals surface area contributed by atoms with Gasteiger partial charge in [0.05, 0.1) is 0 Å². The summed E-state index contributed by atoms with van der Waals surface area (Å²) in [5.41, 5.74) is 6.80. The quantitative estimate of drug-likeness (QED) is 0.792. The van der Waals surface area contributed by atoms with Crippen molar-refractivity contribution in [3.8, 4) is 0 Å². The maximum Gasteiger partial charge on any atom is 0.129 e. The van der Waals surface area contributed by atoms with Gasteiger partial charge >= 0.3 is 0 Å². The normalized spacial score (nSPS) is 13.7. The minimum absolute atomic E-state index is 0.148. The molecule has 0 fully saturated rings. The third-order valence-electron chi connectivity index (χ3n) is 4.76. The predicted molar refractivity (Wildman–Crippen MR) is 84.3 cm³/mol. The fourth-order valence-corrected chi connectivity index (χ4v) is 3.42. The second-order valence-corrected chi connectivity index (χ2v) is 5.53. The van der Waals surface area contributed by atoms with Crippen molar-refractivity contribution in [2.45, 2.75) is 58.5 Å². The summed E-state index contributed by atoms with van der Waals surface area (Å²) in [6.45, 7) is 10.3. The van der Waals surface area contributed by atoms with E-state index in [0.717, 1.165) is 32.0 Å². The third kappa shape index (κ3) is 3.80. The maximum atomic E-state index is 13.9. The van der Waals surface area contributed by atoms with Gasteiger partial charge in [0, 0.05) is 17.6 Å². The van der Waals surface area contributed by atoms with E-state index >= 15 is 0 Å². The lowest BCUT2D eigenvalue weighted by atomic mass is 9.80. The fraction of sp³-hybridized carbons (Fsp3) is 0.647. The van der Waals surface area contributed by atoms with Gasteiger partial charge in [0.2, 0.25) is 0 Å². The van der Waals surface area contributed by atoms with Gasteiger partial charge in [-0.2, -0.15) is 0 Å². The highest BCUT2D eigenvalue weighted by Gasteiger charge is 2.38. The molecule has 0 radical (unpaired) electrons. The molecule has 0 aromatic heterocycles. The number of hydrogen-bond donors (Lipinski definition) is 1. The van der Waals surface area contributed by atoms with Crippen LogP contribution < -0.4 is 5.73 Å². The van der Waals surface area contributed by atoms with Crippen LogP contribution in [0.5, 0.6) is 0 Å². The van der Waals surface area contributed by atoms with E-state index in [9.17, 15) is 8.78 Å². The second-order valence-electron chi connectivity index (χ2n) is 5.53. The first kappa shape index (κ1) is 18.1. The summed E-state index contributed by atoms with van der Waals surface area (Å²) in [5.74, 6) is -1.06. The lowest BCUT2D eigenvalue weighted by Crippen LogP contribution is -2.60. The molecule has 1 aromatic carbocycles. The molecule has 21 heavy (non-hydrogen) atoms. The average molecular weight is 298 g/mol. The zero-order valence-corrected chi connectivity index (χ0v) is 13.6. The van der Waals surface area contributed by atoms with Crippen molar-refractivity contribution in [2.75, 3.05) is 13.1 Å². The van der Waals surface area contributed by atoms with Crippen molar-refractivity contribution in [3.63, 3.8) is 0 Å². The molecule has 0 spiro atoms. The van der Waals surface area contributed by atoms with Gasteiger partial charge in [-0.1, -0.05) is 33.8 Å². The van der Waals surface area contributed by atoms with E-state index in [2.05, 4.69) is 32.6 Å². The van der Waals surface area contributed by atoms with Crippen LogP contribution in [0.15, 0.2) is 18.2 Å². The van der Waals surface area contributed by atoms with Crippen LogP contribution in [0.4, 0.5) is 8.78 Å². The van der Waals surface area contributed by atoms with Gasteiger partial charge in [-0.05, 0) is 44.0 Å². The zero-order valence-electron chi connectivity index (χ0n) is 13.6. The van der Waals surface area contributed by atoms with Crippen molar-refractivity contribution in [1.82, 2.24) is 4.90 Å². The minimum Gasteiger partial charge on any atom is -0.326 e. The molecule has 1 rings (SSSR count). The molecule has 120 valence electrons. The summed E-state index contributed by atoms with van der Waals surface area (Å²) in [4.78, 5) is 2.36. The van der Waals surface area contributed by atoms with E-state index in [0.29, 0.717) is 12.0 Å². The molecule has 1 unspecified atom stereocenters. The van der Waals surface area contributed by atoms with E-state index in [1.54, 1.807) is 0 Å². The van der Waals surface area contributed by atoms with Crippen LogP contribution in [0.2, 0.25) is 0 Å². The number of benzene rings is 1. The summed E-state index contributed by atoms with van der Waals surface area (Å²) >= 11 is 0. The van der Waals surface area contributed by atoms with Gasteiger partial charge in [-0.15, -0.1) is 0 Å². The number of rotatable bonds is 8. The lowest BCUT2D eigenvalue weighted by molar-refractivity contribution is 0.0626. The van der Waals surface area contributed by atoms with Crippen molar-refractivity contribution >= 4 is 0 Å². The van der Waals surface area contributed by atoms with E-state index in [1.165, 1.54) is 12.1 Å². The van der Waals surface area contributed by atoms with E-state index in [-0.39, 0.29) is 11.6 Å². The first-order valence-corrected chi connectivity index (χ1v) is 7.89. The highest BCUT2D eigenvalue weighted by atomic mass is 19.1. The minimum atomic E-state index is -0.550. The Morgan fingerprint density at radius 1 is 1.10 bits per heavy atom. The molecule has 0 saturated heterocycles. The molecular weight excluding hydrogens is 270 g/mol. The Hall–Kier alpha value is -1.00. The van der Waals surface area contributed by atoms with E-state index in [1.807, 2.05) is 0 Å². The van der Waals surface area contributed by atoms with E-state index in [4.69, 9.17) is 5.73 Å². The molecule has 1 aromatic rings. The lowest BCUT2D eigenvalue weighted by Gasteiger charge is -2.46. The molecular formula is C17H28F2N2. The molecule has 0 aliphatic carbocycles. The number of hydrogen-bond acceptors (Lipinski definition) is 2. The Bertz CT molecular complexity index is 440. The van der Waals surface area contributed by atoms with Crippen LogP contribution in [0.3, 0.4) is 0 Å². The van der Waals surface area contributed by atoms with Crippen molar-refractivity contribution in [3.05, 3.63) is 35.4 Å². The smallest absolute Gasteiger partial charge is 0.129 e. The number of nitrogens with two attached hydrogens (primary N) is 1. The molecule has 4 heteroatoms. The summed E-state index contributed by atoms with van der Waals surface area (Å²) < 4.78 is 26.9. The molecule has 2 nitrogen and oxygen atoms in total. The predicted octanol–water partition coefficient (Wildman–Crippen LogP) is 3.74. The molecule has 2 N–H and O–H groups in total. The van der Waals surface area contributed by atoms with Gasteiger partial charge < -0.3 is 5.73 Å². The average Bonchev–Trinajstić information content (AvgIpc) is 2.47. The highest BCUT2D eigenvalue weighted by molar-refractivity contribution is 5.21. The second kappa shape index (κ2) is 7.85. The number of nitrogens with zero attached hydrogens (tertiary/aromatic N) is 1. The van der Waals surface area contributed by atoms with Crippen LogP contribution in [0, 0.1) is 11.6 Å². The molecule has 0 aliphatic rings. The van der Waals surface area contributed by atoms with Crippen LogP contribution >= 0.6 is 0 Å². The number of likely N-dealkylation sites (N-methyl/N-ethyl adjacent to an activating group) is 1. The molecule has 0 amide bonds. The van der Waals surface area contributed by atoms with Crippen LogP contribution in [-0.2, 0) is 6.42 Å². The zero-order chi connectivity index (χ0) is 16.0. The standard InChI is InChI=1S/C17H28F2N2/c1-5-17(6-2,21(7-3)8-4)16(20)11-13-9-10-14(18)12-15(13)19/h9-10,12,16H,5-8,11,20H2,1-4H3. The monoisotopic (exact) mass is 298 g/mol. The van der Waals surface area contributed by atoms with Crippen molar-refractivity contribution in [1.29, 1.82) is 0 Å². The Balaban J connectivity index is 3.03. The maximum absolute atomic E-state index is 13.9. The first-order chi connectivity index (χ1) is 9.94.